The van der Waals surface area contributed by atoms with Crippen LogP contribution in [0.1, 0.15) is 25.0 Å². The second-order valence-corrected chi connectivity index (χ2v) is 7.02. The molecule has 1 atom stereocenters. The monoisotopic (exact) mass is 270 g/mol. The van der Waals surface area contributed by atoms with E-state index in [1.54, 1.807) is 0 Å². The molecule has 0 saturated carbocycles. The van der Waals surface area contributed by atoms with Gasteiger partial charge in [0.25, 0.3) is 0 Å². The van der Waals surface area contributed by atoms with Crippen molar-refractivity contribution in [3.05, 3.63) is 47.0 Å². The van der Waals surface area contributed by atoms with Crippen LogP contribution in [0.4, 0.5) is 0 Å². The standard InChI is InChI=1S/C17H18OS/c1-11(2)16-8-15-7-13-5-4-12(3)6-14(13)9-17(15)19(18)10-16/h4-9,11H,10H2,1-3H3. The fourth-order valence-corrected chi connectivity index (χ4v) is 4.04. The third-order valence-corrected chi connectivity index (χ3v) is 5.19. The molecule has 0 fully saturated rings. The Morgan fingerprint density at radius 1 is 1.11 bits per heavy atom. The Morgan fingerprint density at radius 2 is 1.89 bits per heavy atom. The molecular weight excluding hydrogens is 252 g/mol. The van der Waals surface area contributed by atoms with Gasteiger partial charge in [-0.3, -0.25) is 4.21 Å². The van der Waals surface area contributed by atoms with E-state index in [0.29, 0.717) is 11.7 Å². The first-order valence-electron chi connectivity index (χ1n) is 6.68. The molecule has 1 aliphatic rings. The second-order valence-electron chi connectivity index (χ2n) is 5.60. The smallest absolute Gasteiger partial charge is 0.0577 e. The summed E-state index contributed by atoms with van der Waals surface area (Å²) in [4.78, 5) is 0.988. The summed E-state index contributed by atoms with van der Waals surface area (Å²) in [5.74, 6) is 1.15. The Morgan fingerprint density at radius 3 is 2.63 bits per heavy atom. The van der Waals surface area contributed by atoms with Crippen molar-refractivity contribution in [3.8, 4) is 0 Å². The summed E-state index contributed by atoms with van der Waals surface area (Å²) in [7, 11) is -0.897. The first kappa shape index (κ1) is 12.6. The molecule has 3 rings (SSSR count). The van der Waals surface area contributed by atoms with Crippen molar-refractivity contribution in [1.29, 1.82) is 0 Å². The highest BCUT2D eigenvalue weighted by Gasteiger charge is 2.19. The largest absolute Gasteiger partial charge is 0.254 e. The van der Waals surface area contributed by atoms with Gasteiger partial charge in [-0.05, 0) is 41.3 Å². The molecule has 0 bridgehead atoms. The maximum absolute atomic E-state index is 12.4. The van der Waals surface area contributed by atoms with E-state index in [9.17, 15) is 4.21 Å². The van der Waals surface area contributed by atoms with E-state index in [1.165, 1.54) is 21.9 Å². The van der Waals surface area contributed by atoms with Crippen molar-refractivity contribution in [3.63, 3.8) is 0 Å². The van der Waals surface area contributed by atoms with E-state index >= 15 is 0 Å². The zero-order chi connectivity index (χ0) is 13.6. The molecule has 2 aromatic rings. The number of rotatable bonds is 1. The molecule has 0 radical (unpaired) electrons. The van der Waals surface area contributed by atoms with Gasteiger partial charge in [-0.1, -0.05) is 49.3 Å². The van der Waals surface area contributed by atoms with Crippen molar-refractivity contribution >= 4 is 27.6 Å². The van der Waals surface area contributed by atoms with Gasteiger partial charge in [0.1, 0.15) is 0 Å². The number of hydrogen-bond donors (Lipinski definition) is 0. The van der Waals surface area contributed by atoms with Gasteiger partial charge in [0, 0.05) is 10.6 Å². The third-order valence-electron chi connectivity index (χ3n) is 3.75. The van der Waals surface area contributed by atoms with Crippen LogP contribution in [0.25, 0.3) is 16.8 Å². The van der Waals surface area contributed by atoms with Crippen LogP contribution in [0.15, 0.2) is 40.8 Å². The summed E-state index contributed by atoms with van der Waals surface area (Å²) in [6, 6.07) is 10.7. The molecular formula is C17H18OS. The molecule has 98 valence electrons. The maximum Gasteiger partial charge on any atom is 0.0577 e. The van der Waals surface area contributed by atoms with Crippen LogP contribution in [-0.4, -0.2) is 9.96 Å². The number of aryl methyl sites for hydroxylation is 1. The van der Waals surface area contributed by atoms with E-state index in [0.717, 1.165) is 10.5 Å². The molecule has 1 heterocycles. The van der Waals surface area contributed by atoms with Crippen molar-refractivity contribution in [2.75, 3.05) is 5.75 Å². The SMILES string of the molecule is Cc1ccc2cc3c(cc2c1)S(=O)CC(C(C)C)=C3. The minimum atomic E-state index is -0.897. The number of benzene rings is 2. The maximum atomic E-state index is 12.4. The van der Waals surface area contributed by atoms with Gasteiger partial charge >= 0.3 is 0 Å². The minimum Gasteiger partial charge on any atom is -0.254 e. The fourth-order valence-electron chi connectivity index (χ4n) is 2.53. The summed E-state index contributed by atoms with van der Waals surface area (Å²) >= 11 is 0. The van der Waals surface area contributed by atoms with E-state index in [2.05, 4.69) is 57.2 Å². The lowest BCUT2D eigenvalue weighted by Crippen LogP contribution is -2.12. The van der Waals surface area contributed by atoms with E-state index in [4.69, 9.17) is 0 Å². The van der Waals surface area contributed by atoms with Crippen molar-refractivity contribution < 1.29 is 4.21 Å². The van der Waals surface area contributed by atoms with Crippen LogP contribution in [0, 0.1) is 12.8 Å². The van der Waals surface area contributed by atoms with Gasteiger partial charge < -0.3 is 0 Å². The van der Waals surface area contributed by atoms with Gasteiger partial charge in [0.2, 0.25) is 0 Å². The summed E-state index contributed by atoms with van der Waals surface area (Å²) in [5, 5.41) is 2.41. The van der Waals surface area contributed by atoms with Gasteiger partial charge in [0.15, 0.2) is 0 Å². The predicted octanol–water partition coefficient (Wildman–Crippen LogP) is 4.31. The molecule has 2 heteroatoms. The molecule has 2 aromatic carbocycles. The number of hydrogen-bond acceptors (Lipinski definition) is 1. The average Bonchev–Trinajstić information content (AvgIpc) is 2.36. The van der Waals surface area contributed by atoms with Crippen molar-refractivity contribution in [1.82, 2.24) is 0 Å². The van der Waals surface area contributed by atoms with Crippen LogP contribution in [0.2, 0.25) is 0 Å². The second kappa shape index (κ2) is 4.61. The number of fused-ring (bicyclic) bond motifs is 2. The van der Waals surface area contributed by atoms with Crippen LogP contribution in [0.5, 0.6) is 0 Å². The van der Waals surface area contributed by atoms with Gasteiger partial charge in [-0.25, -0.2) is 0 Å². The summed E-state index contributed by atoms with van der Waals surface area (Å²) in [6.07, 6.45) is 2.22. The Kier molecular flexibility index (Phi) is 3.06. The highest BCUT2D eigenvalue weighted by molar-refractivity contribution is 7.85. The fraction of sp³-hybridized carbons (Fsp3) is 0.294. The Bertz CT molecular complexity index is 711. The van der Waals surface area contributed by atoms with Gasteiger partial charge in [0.05, 0.1) is 10.8 Å². The van der Waals surface area contributed by atoms with Crippen LogP contribution >= 0.6 is 0 Å². The minimum absolute atomic E-state index is 0.464. The zero-order valence-corrected chi connectivity index (χ0v) is 12.4. The molecule has 0 N–H and O–H groups in total. The van der Waals surface area contributed by atoms with E-state index in [-0.39, 0.29) is 0 Å². The lowest BCUT2D eigenvalue weighted by atomic mass is 9.99. The Hall–Kier alpha value is -1.41. The quantitative estimate of drug-likeness (QED) is 0.754. The van der Waals surface area contributed by atoms with Gasteiger partial charge in [-0.2, -0.15) is 0 Å². The molecule has 1 nitrogen and oxygen atoms in total. The molecule has 1 unspecified atom stereocenters. The van der Waals surface area contributed by atoms with Crippen molar-refractivity contribution in [2.45, 2.75) is 25.7 Å². The first-order chi connectivity index (χ1) is 9.04. The third kappa shape index (κ3) is 2.25. The molecule has 0 spiro atoms. The molecule has 0 aromatic heterocycles. The lowest BCUT2D eigenvalue weighted by Gasteiger charge is -2.19. The molecule has 1 aliphatic heterocycles. The topological polar surface area (TPSA) is 17.1 Å². The molecule has 0 amide bonds. The van der Waals surface area contributed by atoms with Crippen LogP contribution < -0.4 is 0 Å². The summed E-state index contributed by atoms with van der Waals surface area (Å²) in [5.41, 5.74) is 3.66. The van der Waals surface area contributed by atoms with E-state index in [1.807, 2.05) is 0 Å². The Labute approximate surface area is 116 Å². The molecule has 19 heavy (non-hydrogen) atoms. The highest BCUT2D eigenvalue weighted by atomic mass is 32.2. The van der Waals surface area contributed by atoms with E-state index < -0.39 is 10.8 Å². The highest BCUT2D eigenvalue weighted by Crippen LogP contribution is 2.31. The predicted molar refractivity (Wildman–Crippen MR) is 82.8 cm³/mol. The normalized spacial score (nSPS) is 18.5. The first-order valence-corrected chi connectivity index (χ1v) is 8.00. The van der Waals surface area contributed by atoms with Crippen LogP contribution in [-0.2, 0) is 10.8 Å². The lowest BCUT2D eigenvalue weighted by molar-refractivity contribution is 0.679. The molecule has 0 aliphatic carbocycles. The zero-order valence-electron chi connectivity index (χ0n) is 11.6. The van der Waals surface area contributed by atoms with Gasteiger partial charge in [-0.15, -0.1) is 0 Å². The average molecular weight is 270 g/mol. The van der Waals surface area contributed by atoms with Crippen LogP contribution in [0.3, 0.4) is 0 Å². The summed E-state index contributed by atoms with van der Waals surface area (Å²) < 4.78 is 12.4. The molecule has 0 saturated heterocycles. The van der Waals surface area contributed by atoms with Crippen molar-refractivity contribution in [2.24, 2.45) is 5.92 Å². The summed E-state index contributed by atoms with van der Waals surface area (Å²) in [6.45, 7) is 6.42. The Balaban J connectivity index is 2.24.